The Bertz CT molecular complexity index is 458. The molecule has 8 heteroatoms. The second-order valence-electron chi connectivity index (χ2n) is 5.52. The van der Waals surface area contributed by atoms with Gasteiger partial charge in [0.15, 0.2) is 0 Å². The number of H-pyrrole nitrogens is 1. The molecule has 124 valence electrons. The van der Waals surface area contributed by atoms with Gasteiger partial charge in [0.1, 0.15) is 0 Å². The number of nitrogen functional groups attached to an aromatic ring is 1. The van der Waals surface area contributed by atoms with Crippen molar-refractivity contribution in [3.8, 4) is 0 Å². The van der Waals surface area contributed by atoms with Crippen LogP contribution >= 0.6 is 11.8 Å². The average molecular weight is 326 g/mol. The van der Waals surface area contributed by atoms with Gasteiger partial charge in [0.25, 0.3) is 0 Å². The highest BCUT2D eigenvalue weighted by Gasteiger charge is 2.15. The quantitative estimate of drug-likeness (QED) is 0.732. The van der Waals surface area contributed by atoms with Crippen LogP contribution in [0.2, 0.25) is 0 Å². The molecule has 1 aromatic heterocycles. The number of nitrogens with one attached hydrogen (secondary N) is 1. The molecule has 2 rings (SSSR count). The minimum atomic E-state index is 0.130. The molecule has 0 bridgehead atoms. The fraction of sp³-hybridized carbons (Fsp3) is 0.786. The van der Waals surface area contributed by atoms with Crippen molar-refractivity contribution in [2.24, 2.45) is 0 Å². The van der Waals surface area contributed by atoms with Gasteiger partial charge in [-0.2, -0.15) is 4.98 Å². The SMILES string of the molecule is CCN(CCN1CCCCCC1)C(=O)CSc1n[nH]c(N)n1. The number of aromatic amines is 1. The van der Waals surface area contributed by atoms with Gasteiger partial charge in [-0.3, -0.25) is 4.79 Å². The van der Waals surface area contributed by atoms with Crippen molar-refractivity contribution in [3.05, 3.63) is 0 Å². The molecule has 2 heterocycles. The summed E-state index contributed by atoms with van der Waals surface area (Å²) in [6.07, 6.45) is 5.23. The van der Waals surface area contributed by atoms with Crippen molar-refractivity contribution in [2.45, 2.75) is 37.8 Å². The molecule has 1 aliphatic rings. The first kappa shape index (κ1) is 17.1. The van der Waals surface area contributed by atoms with Gasteiger partial charge in [-0.15, -0.1) is 5.10 Å². The zero-order valence-electron chi connectivity index (χ0n) is 13.3. The van der Waals surface area contributed by atoms with Crippen LogP contribution in [-0.4, -0.2) is 69.4 Å². The number of carbonyl (C=O) groups is 1. The lowest BCUT2D eigenvalue weighted by molar-refractivity contribution is -0.128. The van der Waals surface area contributed by atoms with Crippen LogP contribution in [0, 0.1) is 0 Å². The summed E-state index contributed by atoms with van der Waals surface area (Å²) >= 11 is 1.32. The molecule has 0 atom stereocenters. The Morgan fingerprint density at radius 1 is 1.36 bits per heavy atom. The zero-order valence-corrected chi connectivity index (χ0v) is 14.1. The number of carbonyl (C=O) groups excluding carboxylic acids is 1. The van der Waals surface area contributed by atoms with Crippen LogP contribution in [0.3, 0.4) is 0 Å². The molecule has 7 nitrogen and oxygen atoms in total. The van der Waals surface area contributed by atoms with Crippen molar-refractivity contribution in [2.75, 3.05) is 44.2 Å². The van der Waals surface area contributed by atoms with E-state index in [1.54, 1.807) is 0 Å². The normalized spacial score (nSPS) is 16.4. The van der Waals surface area contributed by atoms with Gasteiger partial charge >= 0.3 is 0 Å². The second kappa shape index (κ2) is 8.99. The van der Waals surface area contributed by atoms with E-state index in [0.29, 0.717) is 10.9 Å². The lowest BCUT2D eigenvalue weighted by atomic mass is 10.2. The van der Waals surface area contributed by atoms with E-state index in [2.05, 4.69) is 20.1 Å². The molecule has 1 aliphatic heterocycles. The fourth-order valence-electron chi connectivity index (χ4n) is 2.62. The summed E-state index contributed by atoms with van der Waals surface area (Å²) in [5.41, 5.74) is 5.47. The summed E-state index contributed by atoms with van der Waals surface area (Å²) in [4.78, 5) is 20.7. The Balaban J connectivity index is 1.73. The van der Waals surface area contributed by atoms with Crippen LogP contribution in [0.15, 0.2) is 5.16 Å². The Morgan fingerprint density at radius 3 is 2.68 bits per heavy atom. The van der Waals surface area contributed by atoms with Crippen molar-refractivity contribution in [1.29, 1.82) is 0 Å². The van der Waals surface area contributed by atoms with Crippen LogP contribution in [0.5, 0.6) is 0 Å². The number of likely N-dealkylation sites (tertiary alicyclic amines) is 1. The van der Waals surface area contributed by atoms with Gasteiger partial charge in [-0.1, -0.05) is 24.6 Å². The van der Waals surface area contributed by atoms with Crippen molar-refractivity contribution < 1.29 is 4.79 Å². The summed E-state index contributed by atoms with van der Waals surface area (Å²) in [5.74, 6) is 0.764. The Morgan fingerprint density at radius 2 is 2.09 bits per heavy atom. The summed E-state index contributed by atoms with van der Waals surface area (Å²) in [7, 11) is 0. The smallest absolute Gasteiger partial charge is 0.233 e. The summed E-state index contributed by atoms with van der Waals surface area (Å²) in [5, 5.41) is 7.02. The van der Waals surface area contributed by atoms with Crippen LogP contribution in [-0.2, 0) is 4.79 Å². The first-order valence-corrected chi connectivity index (χ1v) is 8.98. The summed E-state index contributed by atoms with van der Waals surface area (Å²) in [6.45, 7) is 6.86. The van der Waals surface area contributed by atoms with Crippen molar-refractivity contribution >= 4 is 23.6 Å². The maximum Gasteiger partial charge on any atom is 0.233 e. The third-order valence-corrected chi connectivity index (χ3v) is 4.76. The monoisotopic (exact) mass is 326 g/mol. The first-order valence-electron chi connectivity index (χ1n) is 8.00. The average Bonchev–Trinajstić information content (AvgIpc) is 2.76. The maximum atomic E-state index is 12.3. The van der Waals surface area contributed by atoms with Gasteiger partial charge in [0, 0.05) is 19.6 Å². The molecule has 1 saturated heterocycles. The molecular weight excluding hydrogens is 300 g/mol. The third-order valence-electron chi connectivity index (χ3n) is 3.93. The van der Waals surface area contributed by atoms with Gasteiger partial charge < -0.3 is 15.5 Å². The van der Waals surface area contributed by atoms with Crippen LogP contribution in [0.1, 0.15) is 32.6 Å². The molecule has 0 aliphatic carbocycles. The van der Waals surface area contributed by atoms with Crippen molar-refractivity contribution in [3.63, 3.8) is 0 Å². The molecular formula is C14H26N6OS. The predicted molar refractivity (Wildman–Crippen MR) is 88.7 cm³/mol. The molecule has 3 N–H and O–H groups in total. The molecule has 0 spiro atoms. The first-order chi connectivity index (χ1) is 10.7. The largest absolute Gasteiger partial charge is 0.368 e. The van der Waals surface area contributed by atoms with Crippen molar-refractivity contribution in [1.82, 2.24) is 25.0 Å². The molecule has 0 saturated carbocycles. The number of hydrogen-bond acceptors (Lipinski definition) is 6. The van der Waals surface area contributed by atoms with Gasteiger partial charge in [0.05, 0.1) is 5.75 Å². The molecule has 1 fully saturated rings. The van der Waals surface area contributed by atoms with E-state index >= 15 is 0 Å². The van der Waals surface area contributed by atoms with Gasteiger partial charge in [-0.05, 0) is 32.9 Å². The van der Waals surface area contributed by atoms with Crippen LogP contribution < -0.4 is 5.73 Å². The summed E-state index contributed by atoms with van der Waals surface area (Å²) < 4.78 is 0. The highest BCUT2D eigenvalue weighted by atomic mass is 32.2. The molecule has 22 heavy (non-hydrogen) atoms. The van der Waals surface area contributed by atoms with Crippen LogP contribution in [0.25, 0.3) is 0 Å². The zero-order chi connectivity index (χ0) is 15.8. The number of nitrogens with two attached hydrogens (primary N) is 1. The Hall–Kier alpha value is -1.28. The number of nitrogens with zero attached hydrogens (tertiary/aromatic N) is 4. The highest BCUT2D eigenvalue weighted by Crippen LogP contribution is 2.14. The number of rotatable bonds is 7. The van der Waals surface area contributed by atoms with E-state index in [-0.39, 0.29) is 11.9 Å². The number of hydrogen-bond donors (Lipinski definition) is 2. The maximum absolute atomic E-state index is 12.3. The van der Waals surface area contributed by atoms with E-state index in [1.807, 2.05) is 11.8 Å². The molecule has 1 amide bonds. The second-order valence-corrected chi connectivity index (χ2v) is 6.46. The number of amides is 1. The van der Waals surface area contributed by atoms with E-state index in [1.165, 1.54) is 37.4 Å². The standard InChI is InChI=1S/C14H26N6OS/c1-2-20(10-9-19-7-5-3-4-6-8-19)12(21)11-22-14-16-13(15)17-18-14/h2-11H2,1H3,(H3,15,16,17,18). The number of thioether (sulfide) groups is 1. The lowest BCUT2D eigenvalue weighted by Gasteiger charge is -2.26. The number of anilines is 1. The molecule has 0 unspecified atom stereocenters. The predicted octanol–water partition coefficient (Wildman–Crippen LogP) is 1.20. The van der Waals surface area contributed by atoms with Gasteiger partial charge in [0.2, 0.25) is 17.0 Å². The fourth-order valence-corrected chi connectivity index (χ4v) is 3.33. The minimum Gasteiger partial charge on any atom is -0.368 e. The Kier molecular flexibility index (Phi) is 6.98. The topological polar surface area (TPSA) is 91.1 Å². The Labute approximate surface area is 136 Å². The lowest BCUT2D eigenvalue weighted by Crippen LogP contribution is -2.39. The minimum absolute atomic E-state index is 0.130. The molecule has 0 radical (unpaired) electrons. The molecule has 0 aromatic carbocycles. The summed E-state index contributed by atoms with van der Waals surface area (Å²) in [6, 6.07) is 0. The number of likely N-dealkylation sites (N-methyl/N-ethyl adjacent to an activating group) is 1. The van der Waals surface area contributed by atoms with E-state index in [9.17, 15) is 4.79 Å². The molecule has 1 aromatic rings. The van der Waals surface area contributed by atoms with E-state index < -0.39 is 0 Å². The van der Waals surface area contributed by atoms with Gasteiger partial charge in [-0.25, -0.2) is 5.10 Å². The van der Waals surface area contributed by atoms with Crippen LogP contribution in [0.4, 0.5) is 5.95 Å². The van der Waals surface area contributed by atoms with E-state index in [0.717, 1.165) is 32.7 Å². The van der Waals surface area contributed by atoms with E-state index in [4.69, 9.17) is 5.73 Å². The third kappa shape index (κ3) is 5.49. The highest BCUT2D eigenvalue weighted by molar-refractivity contribution is 7.99. The number of aromatic nitrogens is 3.